The van der Waals surface area contributed by atoms with Gasteiger partial charge in [-0.3, -0.25) is 19.4 Å². The Morgan fingerprint density at radius 1 is 0.935 bits per heavy atom. The third kappa shape index (κ3) is 6.53. The predicted octanol–water partition coefficient (Wildman–Crippen LogP) is 7.12. The molecule has 236 valence electrons. The molecule has 1 aromatic heterocycles. The van der Waals surface area contributed by atoms with Crippen molar-refractivity contribution in [3.05, 3.63) is 107 Å². The number of hydrogen-bond acceptors (Lipinski definition) is 6. The summed E-state index contributed by atoms with van der Waals surface area (Å²) in [6.45, 7) is 8.58. The van der Waals surface area contributed by atoms with Crippen molar-refractivity contribution in [1.82, 2.24) is 9.97 Å². The summed E-state index contributed by atoms with van der Waals surface area (Å²) in [6, 6.07) is 13.3. The van der Waals surface area contributed by atoms with Crippen LogP contribution in [0.5, 0.6) is 0 Å². The van der Waals surface area contributed by atoms with Crippen LogP contribution in [0.3, 0.4) is 0 Å². The van der Waals surface area contributed by atoms with Crippen LogP contribution in [-0.2, 0) is 17.5 Å². The number of carbonyl (C=O) groups excluding carboxylic acids is 3. The fourth-order valence-corrected chi connectivity index (χ4v) is 4.95. The zero-order valence-electron chi connectivity index (χ0n) is 25.4. The monoisotopic (exact) mass is 629 g/mol. The van der Waals surface area contributed by atoms with Gasteiger partial charge in [0.1, 0.15) is 5.82 Å². The number of carbonyl (C=O) groups is 3. The van der Waals surface area contributed by atoms with E-state index in [1.807, 2.05) is 13.0 Å². The van der Waals surface area contributed by atoms with E-state index in [4.69, 9.17) is 0 Å². The number of hydrogen-bond donors (Lipinski definition) is 3. The standard InChI is InChI=1S/C33H30F3N7O3/c1-6-28(44)40-26-14-23(11-8-19(26)3)39-31-37-16-22-17-43(32(46)42(5)29(22)41-31)27-15-24(12-9-20(27)4)38-30(45)21-10-7-18(2)25(13-21)33(34,35)36/h6-16H,1,17H2,2-5H3,(H,38,45)(H,40,44)(H,37,39,41). The minimum atomic E-state index is -4.59. The first-order valence-corrected chi connectivity index (χ1v) is 14.1. The Morgan fingerprint density at radius 2 is 1.63 bits per heavy atom. The second-order valence-electron chi connectivity index (χ2n) is 10.8. The van der Waals surface area contributed by atoms with Crippen molar-refractivity contribution in [2.75, 3.05) is 32.8 Å². The average molecular weight is 630 g/mol. The first kappa shape index (κ1) is 31.7. The maximum absolute atomic E-state index is 13.6. The van der Waals surface area contributed by atoms with Gasteiger partial charge in [0.05, 0.1) is 17.8 Å². The van der Waals surface area contributed by atoms with Crippen LogP contribution in [0.25, 0.3) is 0 Å². The number of nitrogens with zero attached hydrogens (tertiary/aromatic N) is 4. The van der Waals surface area contributed by atoms with Gasteiger partial charge in [-0.2, -0.15) is 18.2 Å². The summed E-state index contributed by atoms with van der Waals surface area (Å²) in [7, 11) is 1.58. The SMILES string of the molecule is C=CC(=O)Nc1cc(Nc2ncc3c(n2)N(C)C(=O)N(c2cc(NC(=O)c4ccc(C)c(C(F)(F)F)c4)ccc2C)C3)ccc1C. The van der Waals surface area contributed by atoms with E-state index in [-0.39, 0.29) is 35.6 Å². The Kier molecular flexibility index (Phi) is 8.51. The highest BCUT2D eigenvalue weighted by atomic mass is 19.4. The van der Waals surface area contributed by atoms with Gasteiger partial charge in [0.25, 0.3) is 5.91 Å². The number of benzene rings is 3. The molecule has 4 aromatic rings. The van der Waals surface area contributed by atoms with Gasteiger partial charge < -0.3 is 16.0 Å². The van der Waals surface area contributed by atoms with E-state index in [1.165, 1.54) is 34.9 Å². The van der Waals surface area contributed by atoms with E-state index >= 15 is 0 Å². The molecule has 0 atom stereocenters. The highest BCUT2D eigenvalue weighted by Gasteiger charge is 2.34. The van der Waals surface area contributed by atoms with E-state index in [0.717, 1.165) is 17.2 Å². The summed E-state index contributed by atoms with van der Waals surface area (Å²) in [6.07, 6.45) is -1.81. The van der Waals surface area contributed by atoms with Crippen molar-refractivity contribution in [3.8, 4) is 0 Å². The molecule has 0 radical (unpaired) electrons. The maximum Gasteiger partial charge on any atom is 0.416 e. The van der Waals surface area contributed by atoms with Gasteiger partial charge in [0.2, 0.25) is 11.9 Å². The summed E-state index contributed by atoms with van der Waals surface area (Å²) in [5.74, 6) is -0.427. The number of nitrogens with one attached hydrogen (secondary N) is 3. The number of fused-ring (bicyclic) bond motifs is 1. The summed E-state index contributed by atoms with van der Waals surface area (Å²) >= 11 is 0. The fraction of sp³-hybridized carbons (Fsp3) is 0.182. The van der Waals surface area contributed by atoms with E-state index < -0.39 is 17.6 Å². The Morgan fingerprint density at radius 3 is 2.35 bits per heavy atom. The van der Waals surface area contributed by atoms with Crippen LogP contribution in [0.15, 0.2) is 73.4 Å². The molecule has 0 aliphatic carbocycles. The Balaban J connectivity index is 1.36. The number of urea groups is 1. The molecule has 0 saturated carbocycles. The Bertz CT molecular complexity index is 1890. The summed E-state index contributed by atoms with van der Waals surface area (Å²) in [5, 5.41) is 8.49. The third-order valence-electron chi connectivity index (χ3n) is 7.51. The van der Waals surface area contributed by atoms with Crippen LogP contribution in [0.4, 0.5) is 52.5 Å². The fourth-order valence-electron chi connectivity index (χ4n) is 4.95. The van der Waals surface area contributed by atoms with E-state index in [0.29, 0.717) is 34.1 Å². The second kappa shape index (κ2) is 12.3. The summed E-state index contributed by atoms with van der Waals surface area (Å²) in [5.41, 5.74) is 3.23. The van der Waals surface area contributed by atoms with Crippen LogP contribution in [0.2, 0.25) is 0 Å². The van der Waals surface area contributed by atoms with E-state index in [1.54, 1.807) is 50.5 Å². The molecule has 46 heavy (non-hydrogen) atoms. The smallest absolute Gasteiger partial charge is 0.324 e. The molecule has 3 aromatic carbocycles. The molecule has 1 aliphatic heterocycles. The van der Waals surface area contributed by atoms with Crippen LogP contribution >= 0.6 is 0 Å². The number of alkyl halides is 3. The number of aromatic nitrogens is 2. The normalized spacial score (nSPS) is 12.8. The van der Waals surface area contributed by atoms with Crippen molar-refractivity contribution in [2.24, 2.45) is 0 Å². The minimum Gasteiger partial charge on any atom is -0.324 e. The molecule has 13 heteroatoms. The predicted molar refractivity (Wildman–Crippen MR) is 171 cm³/mol. The van der Waals surface area contributed by atoms with Gasteiger partial charge in [0.15, 0.2) is 0 Å². The number of aryl methyl sites for hydroxylation is 3. The van der Waals surface area contributed by atoms with Gasteiger partial charge >= 0.3 is 12.2 Å². The molecule has 10 nitrogen and oxygen atoms in total. The van der Waals surface area contributed by atoms with Crippen LogP contribution in [-0.4, -0.2) is 34.9 Å². The third-order valence-corrected chi connectivity index (χ3v) is 7.51. The van der Waals surface area contributed by atoms with Gasteiger partial charge in [-0.25, -0.2) is 9.78 Å². The van der Waals surface area contributed by atoms with Crippen molar-refractivity contribution in [1.29, 1.82) is 0 Å². The van der Waals surface area contributed by atoms with Gasteiger partial charge in [-0.15, -0.1) is 0 Å². The average Bonchev–Trinajstić information content (AvgIpc) is 3.01. The molecule has 0 fully saturated rings. The lowest BCUT2D eigenvalue weighted by Crippen LogP contribution is -2.46. The lowest BCUT2D eigenvalue weighted by molar-refractivity contribution is -0.138. The molecular weight excluding hydrogens is 599 g/mol. The molecule has 0 saturated heterocycles. The van der Waals surface area contributed by atoms with E-state index in [2.05, 4.69) is 32.5 Å². The van der Waals surface area contributed by atoms with Crippen LogP contribution < -0.4 is 25.8 Å². The summed E-state index contributed by atoms with van der Waals surface area (Å²) in [4.78, 5) is 50.1. The molecule has 2 heterocycles. The lowest BCUT2D eigenvalue weighted by atomic mass is 10.0. The van der Waals surface area contributed by atoms with Crippen LogP contribution in [0, 0.1) is 20.8 Å². The minimum absolute atomic E-state index is 0.0140. The van der Waals surface area contributed by atoms with Crippen molar-refractivity contribution < 1.29 is 27.6 Å². The zero-order chi connectivity index (χ0) is 33.3. The number of anilines is 6. The molecule has 0 spiro atoms. The Hall–Kier alpha value is -5.72. The lowest BCUT2D eigenvalue weighted by Gasteiger charge is -2.35. The second-order valence-corrected chi connectivity index (χ2v) is 10.8. The van der Waals surface area contributed by atoms with Gasteiger partial charge in [-0.05, 0) is 79.9 Å². The molecule has 0 unspecified atom stereocenters. The highest BCUT2D eigenvalue weighted by molar-refractivity contribution is 6.07. The number of amides is 4. The number of halogens is 3. The van der Waals surface area contributed by atoms with Gasteiger partial charge in [-0.1, -0.05) is 24.8 Å². The first-order chi connectivity index (χ1) is 21.7. The largest absolute Gasteiger partial charge is 0.416 e. The van der Waals surface area contributed by atoms with Crippen molar-refractivity contribution >= 4 is 52.4 Å². The van der Waals surface area contributed by atoms with Crippen molar-refractivity contribution in [2.45, 2.75) is 33.5 Å². The summed E-state index contributed by atoms with van der Waals surface area (Å²) < 4.78 is 40.2. The molecular formula is C33H30F3N7O3. The van der Waals surface area contributed by atoms with Gasteiger partial charge in [0, 0.05) is 41.4 Å². The topological polar surface area (TPSA) is 120 Å². The Labute approximate surface area is 263 Å². The van der Waals surface area contributed by atoms with Crippen LogP contribution in [0.1, 0.15) is 38.2 Å². The molecule has 0 bridgehead atoms. The molecule has 3 N–H and O–H groups in total. The van der Waals surface area contributed by atoms with E-state index in [9.17, 15) is 27.6 Å². The zero-order valence-corrected chi connectivity index (χ0v) is 25.4. The molecule has 5 rings (SSSR count). The number of rotatable bonds is 7. The highest BCUT2D eigenvalue weighted by Crippen LogP contribution is 2.35. The quantitative estimate of drug-likeness (QED) is 0.187. The van der Waals surface area contributed by atoms with Crippen molar-refractivity contribution in [3.63, 3.8) is 0 Å². The molecule has 1 aliphatic rings. The molecule has 4 amide bonds. The first-order valence-electron chi connectivity index (χ1n) is 14.1. The maximum atomic E-state index is 13.6.